The highest BCUT2D eigenvalue weighted by Crippen LogP contribution is 2.35. The highest BCUT2D eigenvalue weighted by Gasteiger charge is 2.33. The van der Waals surface area contributed by atoms with Crippen LogP contribution in [0, 0.1) is 17.8 Å². The average molecular weight is 519 g/mol. The van der Waals surface area contributed by atoms with E-state index in [1.807, 2.05) is 59.5 Å². The summed E-state index contributed by atoms with van der Waals surface area (Å²) in [5.74, 6) is 9.12. The second-order valence-electron chi connectivity index (χ2n) is 9.98. The number of likely N-dealkylation sites (tertiary alicyclic amines) is 2. The van der Waals surface area contributed by atoms with E-state index < -0.39 is 0 Å². The Labute approximate surface area is 227 Å². The fourth-order valence-corrected chi connectivity index (χ4v) is 5.40. The molecule has 4 aromatic rings. The van der Waals surface area contributed by atoms with Crippen LogP contribution in [0.1, 0.15) is 18.5 Å². The number of aromatic amines is 1. The third-order valence-electron chi connectivity index (χ3n) is 7.52. The van der Waals surface area contributed by atoms with Gasteiger partial charge in [0.05, 0.1) is 11.1 Å². The number of fused-ring (bicyclic) bond motifs is 1. The van der Waals surface area contributed by atoms with Crippen molar-refractivity contribution in [1.82, 2.24) is 24.8 Å². The van der Waals surface area contributed by atoms with Crippen molar-refractivity contribution in [1.29, 1.82) is 0 Å². The maximum Gasteiger partial charge on any atom is 0.245 e. The Morgan fingerprint density at radius 1 is 1.05 bits per heavy atom. The van der Waals surface area contributed by atoms with Crippen LogP contribution in [-0.4, -0.2) is 62.9 Å². The molecule has 0 radical (unpaired) electrons. The van der Waals surface area contributed by atoms with Crippen molar-refractivity contribution in [3.63, 3.8) is 0 Å². The van der Waals surface area contributed by atoms with Crippen molar-refractivity contribution >= 4 is 22.8 Å². The van der Waals surface area contributed by atoms with E-state index >= 15 is 0 Å². The van der Waals surface area contributed by atoms with Crippen molar-refractivity contribution in [3.8, 4) is 34.5 Å². The van der Waals surface area contributed by atoms with Crippen LogP contribution in [0.3, 0.4) is 0 Å². The number of amides is 1. The minimum Gasteiger partial charge on any atom is -0.457 e. The molecule has 0 unspecified atom stereocenters. The Balaban J connectivity index is 1.19. The molecule has 2 aromatic heterocycles. The summed E-state index contributed by atoms with van der Waals surface area (Å²) in [4.78, 5) is 28.2. The molecule has 4 heterocycles. The lowest BCUT2D eigenvalue weighted by Gasteiger charge is -2.45. The fraction of sp³-hybridized carbons (Fsp3) is 0.258. The van der Waals surface area contributed by atoms with E-state index in [0.717, 1.165) is 72.7 Å². The van der Waals surface area contributed by atoms with E-state index in [2.05, 4.69) is 38.3 Å². The molecule has 196 valence electrons. The van der Waals surface area contributed by atoms with Gasteiger partial charge in [0.15, 0.2) is 0 Å². The van der Waals surface area contributed by atoms with Gasteiger partial charge in [0.1, 0.15) is 29.3 Å². The topological polar surface area (TPSA) is 100 Å². The number of carbonyl (C=O) groups is 1. The van der Waals surface area contributed by atoms with Gasteiger partial charge < -0.3 is 20.4 Å². The molecule has 2 aliphatic rings. The molecule has 2 aromatic carbocycles. The number of rotatable bonds is 5. The zero-order valence-electron chi connectivity index (χ0n) is 21.6. The number of anilines is 1. The molecule has 0 aliphatic carbocycles. The number of nitrogens with two attached hydrogens (primary N) is 1. The lowest BCUT2D eigenvalue weighted by molar-refractivity contribution is -0.127. The van der Waals surface area contributed by atoms with Crippen LogP contribution >= 0.6 is 0 Å². The van der Waals surface area contributed by atoms with E-state index in [0.29, 0.717) is 23.4 Å². The number of nitrogen functional groups attached to an aromatic ring is 1. The number of nitrogens with one attached hydrogen (secondary N) is 1. The van der Waals surface area contributed by atoms with E-state index in [4.69, 9.17) is 10.5 Å². The maximum atomic E-state index is 11.9. The standard InChI is InChI=1S/C31H30N6O2/c1-2-27(38)36-16-14-23(15-17-36)37-18-21(19-37)8-13-26-28(29-30(32)33-20-34-31(29)35-26)22-9-11-25(12-10-22)39-24-6-4-3-5-7-24/h2-7,9-12,20-21,23H,1,14-19H2,(H3,32,33,34,35). The summed E-state index contributed by atoms with van der Waals surface area (Å²) in [6.07, 6.45) is 4.85. The smallest absolute Gasteiger partial charge is 0.245 e. The van der Waals surface area contributed by atoms with Gasteiger partial charge in [-0.25, -0.2) is 9.97 Å². The number of para-hydroxylation sites is 1. The lowest BCUT2D eigenvalue weighted by Crippen LogP contribution is -2.55. The number of hydrogen-bond donors (Lipinski definition) is 2. The Hall–Kier alpha value is -4.61. The molecule has 3 N–H and O–H groups in total. The molecule has 0 spiro atoms. The van der Waals surface area contributed by atoms with Crippen molar-refractivity contribution in [3.05, 3.63) is 79.3 Å². The molecule has 2 aliphatic heterocycles. The van der Waals surface area contributed by atoms with Crippen molar-refractivity contribution in [2.45, 2.75) is 18.9 Å². The monoisotopic (exact) mass is 518 g/mol. The Morgan fingerprint density at radius 3 is 2.49 bits per heavy atom. The van der Waals surface area contributed by atoms with Gasteiger partial charge in [-0.3, -0.25) is 9.69 Å². The van der Waals surface area contributed by atoms with Gasteiger partial charge >= 0.3 is 0 Å². The zero-order chi connectivity index (χ0) is 26.8. The second kappa shape index (κ2) is 10.6. The highest BCUT2D eigenvalue weighted by atomic mass is 16.5. The highest BCUT2D eigenvalue weighted by molar-refractivity contribution is 6.03. The van der Waals surface area contributed by atoms with E-state index in [9.17, 15) is 4.79 Å². The molecular weight excluding hydrogens is 488 g/mol. The second-order valence-corrected chi connectivity index (χ2v) is 9.98. The van der Waals surface area contributed by atoms with Crippen LogP contribution in [0.4, 0.5) is 5.82 Å². The Bertz CT molecular complexity index is 1550. The first-order valence-corrected chi connectivity index (χ1v) is 13.2. The van der Waals surface area contributed by atoms with Gasteiger partial charge in [-0.2, -0.15) is 0 Å². The van der Waals surface area contributed by atoms with Gasteiger partial charge in [-0.15, -0.1) is 0 Å². The normalized spacial score (nSPS) is 16.4. The Kier molecular flexibility index (Phi) is 6.74. The van der Waals surface area contributed by atoms with E-state index in [1.165, 1.54) is 12.4 Å². The summed E-state index contributed by atoms with van der Waals surface area (Å²) >= 11 is 0. The molecule has 0 saturated carbocycles. The molecule has 2 saturated heterocycles. The summed E-state index contributed by atoms with van der Waals surface area (Å²) in [5, 5.41) is 0.773. The van der Waals surface area contributed by atoms with Gasteiger partial charge in [-0.05, 0) is 54.7 Å². The van der Waals surface area contributed by atoms with Crippen LogP contribution in [-0.2, 0) is 4.79 Å². The fourth-order valence-electron chi connectivity index (χ4n) is 5.40. The van der Waals surface area contributed by atoms with E-state index in [1.54, 1.807) is 0 Å². The molecular formula is C31H30N6O2. The maximum absolute atomic E-state index is 11.9. The SMILES string of the molecule is C=CC(=O)N1CCC(N2CC(C#Cc3[nH]c4ncnc(N)c4c3-c3ccc(Oc4ccccc4)cc3)C2)CC1. The van der Waals surface area contributed by atoms with Crippen LogP contribution < -0.4 is 10.5 Å². The van der Waals surface area contributed by atoms with Crippen LogP contribution in [0.15, 0.2) is 73.6 Å². The average Bonchev–Trinajstić information content (AvgIpc) is 3.33. The number of ether oxygens (including phenoxy) is 1. The van der Waals surface area contributed by atoms with Crippen molar-refractivity contribution < 1.29 is 9.53 Å². The summed E-state index contributed by atoms with van der Waals surface area (Å²) in [6.45, 7) is 7.06. The minimum absolute atomic E-state index is 0.0265. The first kappa shape index (κ1) is 24.7. The molecule has 8 heteroatoms. The molecule has 8 nitrogen and oxygen atoms in total. The zero-order valence-corrected chi connectivity index (χ0v) is 21.6. The molecule has 1 amide bonds. The molecule has 39 heavy (non-hydrogen) atoms. The summed E-state index contributed by atoms with van der Waals surface area (Å²) in [5.41, 5.74) is 9.60. The van der Waals surface area contributed by atoms with Crippen molar-refractivity contribution in [2.75, 3.05) is 31.9 Å². The van der Waals surface area contributed by atoms with Crippen LogP contribution in [0.5, 0.6) is 11.5 Å². The van der Waals surface area contributed by atoms with E-state index in [-0.39, 0.29) is 5.91 Å². The number of benzene rings is 2. The number of carbonyl (C=O) groups excluding carboxylic acids is 1. The predicted molar refractivity (Wildman–Crippen MR) is 152 cm³/mol. The number of H-pyrrole nitrogens is 1. The third kappa shape index (κ3) is 5.09. The predicted octanol–water partition coefficient (Wildman–Crippen LogP) is 4.46. The van der Waals surface area contributed by atoms with Gasteiger partial charge in [0.25, 0.3) is 0 Å². The van der Waals surface area contributed by atoms with Gasteiger partial charge in [0, 0.05) is 43.7 Å². The number of aromatic nitrogens is 3. The lowest BCUT2D eigenvalue weighted by atomic mass is 9.93. The van der Waals surface area contributed by atoms with Gasteiger partial charge in [-0.1, -0.05) is 42.8 Å². The third-order valence-corrected chi connectivity index (χ3v) is 7.52. The van der Waals surface area contributed by atoms with Crippen LogP contribution in [0.2, 0.25) is 0 Å². The number of hydrogen-bond acceptors (Lipinski definition) is 6. The molecule has 0 atom stereocenters. The largest absolute Gasteiger partial charge is 0.457 e. The number of piperidine rings is 1. The number of nitrogens with zero attached hydrogens (tertiary/aromatic N) is 4. The summed E-state index contributed by atoms with van der Waals surface area (Å²) < 4.78 is 5.96. The first-order chi connectivity index (χ1) is 19.1. The van der Waals surface area contributed by atoms with Crippen molar-refractivity contribution in [2.24, 2.45) is 5.92 Å². The minimum atomic E-state index is 0.0265. The van der Waals surface area contributed by atoms with Gasteiger partial charge in [0.2, 0.25) is 5.91 Å². The Morgan fingerprint density at radius 2 is 1.77 bits per heavy atom. The summed E-state index contributed by atoms with van der Waals surface area (Å²) in [7, 11) is 0. The quantitative estimate of drug-likeness (QED) is 0.299. The molecule has 6 rings (SSSR count). The van der Waals surface area contributed by atoms with Crippen LogP contribution in [0.25, 0.3) is 22.2 Å². The molecule has 2 fully saturated rings. The molecule has 0 bridgehead atoms. The first-order valence-electron chi connectivity index (χ1n) is 13.2. The summed E-state index contributed by atoms with van der Waals surface area (Å²) in [6, 6.07) is 18.1.